The molecule has 1 aliphatic rings. The van der Waals surface area contributed by atoms with E-state index in [4.69, 9.17) is 4.74 Å². The number of hydrogen-bond acceptors (Lipinski definition) is 6. The van der Waals surface area contributed by atoms with Crippen molar-refractivity contribution in [3.05, 3.63) is 52.9 Å². The molecule has 0 aliphatic carbocycles. The number of benzene rings is 1. The molecule has 30 heavy (non-hydrogen) atoms. The second-order valence-electron chi connectivity index (χ2n) is 8.57. The van der Waals surface area contributed by atoms with Crippen LogP contribution in [0.3, 0.4) is 0 Å². The SMILES string of the molecule is CC(C)(C)c1ccc(C(=O)CSc2nnc(-c3cccs3)n2CC2CCCO2)cc1. The molecule has 4 rings (SSSR count). The first kappa shape index (κ1) is 21.3. The van der Waals surface area contributed by atoms with Crippen LogP contribution in [0.15, 0.2) is 46.9 Å². The number of hydrogen-bond donors (Lipinski definition) is 0. The molecule has 0 spiro atoms. The Kier molecular flexibility index (Phi) is 6.41. The van der Waals surface area contributed by atoms with Crippen molar-refractivity contribution in [1.82, 2.24) is 14.8 Å². The smallest absolute Gasteiger partial charge is 0.192 e. The van der Waals surface area contributed by atoms with Crippen LogP contribution in [-0.4, -0.2) is 39.0 Å². The number of aromatic nitrogens is 3. The number of Topliss-reactive ketones (excluding diaryl/α,β-unsaturated/α-hetero) is 1. The van der Waals surface area contributed by atoms with Crippen molar-refractivity contribution >= 4 is 28.9 Å². The van der Waals surface area contributed by atoms with Gasteiger partial charge in [0.1, 0.15) is 0 Å². The second-order valence-corrected chi connectivity index (χ2v) is 10.5. The molecule has 3 aromatic rings. The Morgan fingerprint density at radius 2 is 2.03 bits per heavy atom. The fourth-order valence-corrected chi connectivity index (χ4v) is 5.07. The van der Waals surface area contributed by atoms with E-state index in [0.29, 0.717) is 5.75 Å². The van der Waals surface area contributed by atoms with Gasteiger partial charge in [-0.05, 0) is 35.3 Å². The zero-order valence-corrected chi connectivity index (χ0v) is 19.3. The Labute approximate surface area is 185 Å². The molecule has 1 saturated heterocycles. The first-order chi connectivity index (χ1) is 14.4. The Balaban J connectivity index is 1.49. The van der Waals surface area contributed by atoms with Gasteiger partial charge >= 0.3 is 0 Å². The number of thiophene rings is 1. The number of rotatable bonds is 7. The highest BCUT2D eigenvalue weighted by Crippen LogP contribution is 2.29. The Morgan fingerprint density at radius 3 is 2.67 bits per heavy atom. The summed E-state index contributed by atoms with van der Waals surface area (Å²) in [6, 6.07) is 12.0. The lowest BCUT2D eigenvalue weighted by Gasteiger charge is -2.19. The van der Waals surface area contributed by atoms with E-state index in [9.17, 15) is 4.79 Å². The zero-order chi connectivity index (χ0) is 21.1. The minimum absolute atomic E-state index is 0.0766. The van der Waals surface area contributed by atoms with E-state index in [1.165, 1.54) is 17.3 Å². The summed E-state index contributed by atoms with van der Waals surface area (Å²) < 4.78 is 7.95. The summed E-state index contributed by atoms with van der Waals surface area (Å²) in [6.07, 6.45) is 2.32. The van der Waals surface area contributed by atoms with Crippen LogP contribution >= 0.6 is 23.1 Å². The zero-order valence-electron chi connectivity index (χ0n) is 17.6. The summed E-state index contributed by atoms with van der Waals surface area (Å²) in [4.78, 5) is 13.8. The van der Waals surface area contributed by atoms with Crippen LogP contribution in [-0.2, 0) is 16.7 Å². The predicted octanol–water partition coefficient (Wildman–Crippen LogP) is 5.46. The largest absolute Gasteiger partial charge is 0.376 e. The average molecular weight is 442 g/mol. The maximum Gasteiger partial charge on any atom is 0.192 e. The molecule has 0 amide bonds. The lowest BCUT2D eigenvalue weighted by molar-refractivity contribution is 0.0953. The van der Waals surface area contributed by atoms with Crippen molar-refractivity contribution in [2.75, 3.05) is 12.4 Å². The van der Waals surface area contributed by atoms with Gasteiger partial charge in [-0.1, -0.05) is 62.9 Å². The van der Waals surface area contributed by atoms with Crippen molar-refractivity contribution in [2.24, 2.45) is 0 Å². The normalized spacial score (nSPS) is 16.8. The van der Waals surface area contributed by atoms with Gasteiger partial charge in [-0.15, -0.1) is 21.5 Å². The molecular formula is C23H27N3O2S2. The third kappa shape index (κ3) is 4.85. The van der Waals surface area contributed by atoms with Crippen LogP contribution in [0.1, 0.15) is 49.5 Å². The highest BCUT2D eigenvalue weighted by atomic mass is 32.2. The monoisotopic (exact) mass is 441 g/mol. The highest BCUT2D eigenvalue weighted by Gasteiger charge is 2.23. The fraction of sp³-hybridized carbons (Fsp3) is 0.435. The van der Waals surface area contributed by atoms with Gasteiger partial charge in [-0.2, -0.15) is 0 Å². The molecule has 0 bridgehead atoms. The van der Waals surface area contributed by atoms with Gasteiger partial charge in [0.05, 0.1) is 23.3 Å². The standard InChI is InChI=1S/C23H27N3O2S2/c1-23(2,3)17-10-8-16(9-11-17)19(27)15-30-22-25-24-21(20-7-5-13-29-20)26(22)14-18-6-4-12-28-18/h5,7-11,13,18H,4,6,12,14-15H2,1-3H3. The number of carbonyl (C=O) groups excluding carboxylic acids is 1. The molecule has 5 nitrogen and oxygen atoms in total. The van der Waals surface area contributed by atoms with E-state index in [0.717, 1.165) is 47.4 Å². The maximum absolute atomic E-state index is 12.8. The lowest BCUT2D eigenvalue weighted by atomic mass is 9.86. The van der Waals surface area contributed by atoms with Crippen molar-refractivity contribution in [3.8, 4) is 10.7 Å². The molecule has 3 heterocycles. The molecule has 1 atom stereocenters. The van der Waals surface area contributed by atoms with Crippen LogP contribution in [0.25, 0.3) is 10.7 Å². The van der Waals surface area contributed by atoms with Crippen molar-refractivity contribution in [3.63, 3.8) is 0 Å². The first-order valence-corrected chi connectivity index (χ1v) is 12.1. The molecule has 7 heteroatoms. The molecule has 0 radical (unpaired) electrons. The van der Waals surface area contributed by atoms with Gasteiger partial charge in [-0.25, -0.2) is 0 Å². The van der Waals surface area contributed by atoms with E-state index < -0.39 is 0 Å². The molecule has 1 aromatic carbocycles. The van der Waals surface area contributed by atoms with Crippen LogP contribution in [0.5, 0.6) is 0 Å². The second kappa shape index (κ2) is 9.04. The van der Waals surface area contributed by atoms with E-state index in [2.05, 4.69) is 41.6 Å². The van der Waals surface area contributed by atoms with Crippen molar-refractivity contribution in [1.29, 1.82) is 0 Å². The maximum atomic E-state index is 12.8. The highest BCUT2D eigenvalue weighted by molar-refractivity contribution is 7.99. The van der Waals surface area contributed by atoms with Gasteiger partial charge in [0.15, 0.2) is 16.8 Å². The van der Waals surface area contributed by atoms with Crippen LogP contribution in [0.2, 0.25) is 0 Å². The number of ether oxygens (including phenoxy) is 1. The van der Waals surface area contributed by atoms with E-state index in [1.54, 1.807) is 11.3 Å². The summed E-state index contributed by atoms with van der Waals surface area (Å²) >= 11 is 3.10. The number of thioether (sulfide) groups is 1. The number of ketones is 1. The minimum atomic E-state index is 0.0766. The quantitative estimate of drug-likeness (QED) is 0.360. The molecule has 1 fully saturated rings. The Hall–Kier alpha value is -1.96. The molecule has 0 N–H and O–H groups in total. The Bertz CT molecular complexity index is 983. The van der Waals surface area contributed by atoms with Crippen molar-refractivity contribution < 1.29 is 9.53 Å². The van der Waals surface area contributed by atoms with E-state index in [1.807, 2.05) is 35.7 Å². The topological polar surface area (TPSA) is 57.0 Å². The third-order valence-corrected chi connectivity index (χ3v) is 7.11. The van der Waals surface area contributed by atoms with E-state index in [-0.39, 0.29) is 17.3 Å². The average Bonchev–Trinajstić information content (AvgIpc) is 3.48. The first-order valence-electron chi connectivity index (χ1n) is 10.3. The van der Waals surface area contributed by atoms with Gasteiger partial charge in [0.2, 0.25) is 0 Å². The molecule has 1 aliphatic heterocycles. The third-order valence-electron chi connectivity index (χ3n) is 5.27. The van der Waals surface area contributed by atoms with Crippen LogP contribution < -0.4 is 0 Å². The Morgan fingerprint density at radius 1 is 1.23 bits per heavy atom. The summed E-state index contributed by atoms with van der Waals surface area (Å²) in [5, 5.41) is 11.6. The molecule has 2 aromatic heterocycles. The number of nitrogens with zero attached hydrogens (tertiary/aromatic N) is 3. The van der Waals surface area contributed by atoms with Gasteiger partial charge < -0.3 is 4.74 Å². The molecular weight excluding hydrogens is 414 g/mol. The number of carbonyl (C=O) groups is 1. The molecule has 0 saturated carbocycles. The molecule has 1 unspecified atom stereocenters. The summed E-state index contributed by atoms with van der Waals surface area (Å²) in [7, 11) is 0. The summed E-state index contributed by atoms with van der Waals surface area (Å²) in [5.41, 5.74) is 2.04. The predicted molar refractivity (Wildman–Crippen MR) is 123 cm³/mol. The fourth-order valence-electron chi connectivity index (χ4n) is 3.51. The van der Waals surface area contributed by atoms with Gasteiger partial charge in [0.25, 0.3) is 0 Å². The van der Waals surface area contributed by atoms with Crippen molar-refractivity contribution in [2.45, 2.75) is 56.8 Å². The van der Waals surface area contributed by atoms with Crippen LogP contribution in [0.4, 0.5) is 0 Å². The minimum Gasteiger partial charge on any atom is -0.376 e. The van der Waals surface area contributed by atoms with E-state index >= 15 is 0 Å². The lowest BCUT2D eigenvalue weighted by Crippen LogP contribution is -2.17. The van der Waals surface area contributed by atoms with Crippen LogP contribution in [0, 0.1) is 0 Å². The molecule has 158 valence electrons. The van der Waals surface area contributed by atoms with Gasteiger partial charge in [-0.3, -0.25) is 9.36 Å². The summed E-state index contributed by atoms with van der Waals surface area (Å²) in [5.74, 6) is 1.29. The van der Waals surface area contributed by atoms with Gasteiger partial charge in [0, 0.05) is 12.2 Å². The summed E-state index contributed by atoms with van der Waals surface area (Å²) in [6.45, 7) is 8.05.